The van der Waals surface area contributed by atoms with Crippen molar-refractivity contribution in [3.05, 3.63) is 65.7 Å². The van der Waals surface area contributed by atoms with Crippen molar-refractivity contribution in [3.8, 4) is 39.9 Å². The van der Waals surface area contributed by atoms with E-state index in [-0.39, 0.29) is 22.4 Å². The van der Waals surface area contributed by atoms with Crippen LogP contribution in [0.25, 0.3) is 11.1 Å². The van der Waals surface area contributed by atoms with Crippen molar-refractivity contribution in [1.82, 2.24) is 0 Å². The van der Waals surface area contributed by atoms with Crippen LogP contribution >= 0.6 is 0 Å². The molecule has 7 heteroatoms. The van der Waals surface area contributed by atoms with E-state index in [0.29, 0.717) is 28.6 Å². The zero-order valence-electron chi connectivity index (χ0n) is 17.6. The van der Waals surface area contributed by atoms with Crippen LogP contribution in [0.3, 0.4) is 0 Å². The number of methoxy groups -OCH3 is 4. The number of carbonyl (C=O) groups excluding carboxylic acids is 2. The van der Waals surface area contributed by atoms with Gasteiger partial charge in [-0.2, -0.15) is 0 Å². The summed E-state index contributed by atoms with van der Waals surface area (Å²) in [7, 11) is 5.90. The molecule has 0 unspecified atom stereocenters. The van der Waals surface area contributed by atoms with Crippen molar-refractivity contribution < 1.29 is 33.6 Å². The molecular weight excluding hydrogens is 400 g/mol. The molecule has 0 aromatic heterocycles. The molecule has 31 heavy (non-hydrogen) atoms. The van der Waals surface area contributed by atoms with Gasteiger partial charge < -0.3 is 24.1 Å². The van der Waals surface area contributed by atoms with Gasteiger partial charge in [-0.1, -0.05) is 12.1 Å². The van der Waals surface area contributed by atoms with E-state index in [1.807, 2.05) is 0 Å². The average Bonchev–Trinajstić information content (AvgIpc) is 2.81. The molecule has 0 saturated heterocycles. The number of aromatic hydroxyl groups is 1. The van der Waals surface area contributed by atoms with E-state index in [1.165, 1.54) is 58.8 Å². The molecular formula is C24H22O7. The number of hydrogen-bond acceptors (Lipinski definition) is 7. The van der Waals surface area contributed by atoms with E-state index in [1.54, 1.807) is 24.3 Å². The van der Waals surface area contributed by atoms with Gasteiger partial charge in [0.05, 0.1) is 28.4 Å². The lowest BCUT2D eigenvalue weighted by Crippen LogP contribution is -2.16. The van der Waals surface area contributed by atoms with Crippen molar-refractivity contribution in [2.75, 3.05) is 28.4 Å². The number of carbonyl (C=O) groups is 2. The Balaban J connectivity index is 2.12. The molecule has 0 fully saturated rings. The third-order valence-electron chi connectivity index (χ3n) is 4.75. The molecule has 0 aliphatic heterocycles. The monoisotopic (exact) mass is 422 g/mol. The lowest BCUT2D eigenvalue weighted by Gasteiger charge is -2.14. The van der Waals surface area contributed by atoms with Crippen LogP contribution in [0.15, 0.2) is 54.6 Å². The molecule has 0 atom stereocenters. The molecule has 3 aromatic rings. The van der Waals surface area contributed by atoms with Crippen LogP contribution in [-0.2, 0) is 0 Å². The smallest absolute Gasteiger partial charge is 0.234 e. The summed E-state index contributed by atoms with van der Waals surface area (Å²) in [6, 6.07) is 13.9. The quantitative estimate of drug-likeness (QED) is 0.430. The number of ether oxygens (including phenoxy) is 4. The van der Waals surface area contributed by atoms with Crippen LogP contribution in [0.5, 0.6) is 28.7 Å². The zero-order chi connectivity index (χ0) is 22.5. The first kappa shape index (κ1) is 21.7. The first-order valence-electron chi connectivity index (χ1n) is 9.29. The number of phenols is 1. The van der Waals surface area contributed by atoms with Gasteiger partial charge in [0.1, 0.15) is 28.7 Å². The maximum Gasteiger partial charge on any atom is 0.234 e. The molecule has 0 saturated carbocycles. The van der Waals surface area contributed by atoms with Crippen LogP contribution in [0.2, 0.25) is 0 Å². The summed E-state index contributed by atoms with van der Waals surface area (Å²) in [6.07, 6.45) is 0. The first-order chi connectivity index (χ1) is 14.9. The Morgan fingerprint density at radius 3 is 1.65 bits per heavy atom. The van der Waals surface area contributed by atoms with Gasteiger partial charge in [-0.15, -0.1) is 0 Å². The second-order valence-electron chi connectivity index (χ2n) is 6.56. The number of benzene rings is 3. The molecule has 3 rings (SSSR count). The van der Waals surface area contributed by atoms with Crippen LogP contribution in [-0.4, -0.2) is 45.1 Å². The van der Waals surface area contributed by atoms with Gasteiger partial charge >= 0.3 is 0 Å². The fourth-order valence-electron chi connectivity index (χ4n) is 3.18. The third-order valence-corrected chi connectivity index (χ3v) is 4.75. The molecule has 0 radical (unpaired) electrons. The minimum Gasteiger partial charge on any atom is -0.507 e. The Bertz CT molecular complexity index is 1090. The highest BCUT2D eigenvalue weighted by Gasteiger charge is 2.25. The highest BCUT2D eigenvalue weighted by Crippen LogP contribution is 2.37. The fraction of sp³-hybridized carbons (Fsp3) is 0.167. The largest absolute Gasteiger partial charge is 0.507 e. The van der Waals surface area contributed by atoms with Crippen LogP contribution < -0.4 is 18.9 Å². The fourth-order valence-corrected chi connectivity index (χ4v) is 3.18. The summed E-state index contributed by atoms with van der Waals surface area (Å²) >= 11 is 0. The summed E-state index contributed by atoms with van der Waals surface area (Å²) in [5.74, 6) is -0.00728. The molecule has 0 amide bonds. The molecule has 0 aliphatic carbocycles. The van der Waals surface area contributed by atoms with Crippen molar-refractivity contribution in [1.29, 1.82) is 0 Å². The summed E-state index contributed by atoms with van der Waals surface area (Å²) in [6.45, 7) is 0. The van der Waals surface area contributed by atoms with Gasteiger partial charge in [-0.3, -0.25) is 9.59 Å². The lowest BCUT2D eigenvalue weighted by molar-refractivity contribution is 0.0817. The minimum atomic E-state index is -0.789. The second-order valence-corrected chi connectivity index (χ2v) is 6.56. The van der Waals surface area contributed by atoms with Gasteiger partial charge in [-0.25, -0.2) is 0 Å². The summed E-state index contributed by atoms with van der Waals surface area (Å²) < 4.78 is 20.9. The van der Waals surface area contributed by atoms with Gasteiger partial charge in [0, 0.05) is 28.8 Å². The first-order valence-corrected chi connectivity index (χ1v) is 9.29. The van der Waals surface area contributed by atoms with Crippen molar-refractivity contribution in [2.45, 2.75) is 0 Å². The highest BCUT2D eigenvalue weighted by molar-refractivity contribution is 6.50. The molecule has 3 aromatic carbocycles. The molecule has 1 N–H and O–H groups in total. The van der Waals surface area contributed by atoms with E-state index in [2.05, 4.69) is 0 Å². The Morgan fingerprint density at radius 1 is 0.677 bits per heavy atom. The van der Waals surface area contributed by atoms with Crippen LogP contribution in [0.4, 0.5) is 0 Å². The van der Waals surface area contributed by atoms with Gasteiger partial charge in [0.25, 0.3) is 0 Å². The maximum atomic E-state index is 13.2. The SMILES string of the molecule is COc1cc(OC)cc(C(=O)C(=O)c2cccc(O)c2-c2cc(OC)cc(OC)c2)c1. The number of Topliss-reactive ketones (excluding diaryl/α,β-unsaturated/α-hetero) is 2. The second kappa shape index (κ2) is 9.21. The van der Waals surface area contributed by atoms with E-state index in [4.69, 9.17) is 18.9 Å². The standard InChI is InChI=1S/C24H22O7/c1-28-16-8-14(9-17(12-16)29-2)22-20(6-5-7-21(22)25)24(27)23(26)15-10-18(30-3)13-19(11-15)31-4/h5-13,25H,1-4H3. The molecule has 0 aliphatic rings. The van der Waals surface area contributed by atoms with Crippen LogP contribution in [0.1, 0.15) is 20.7 Å². The number of rotatable bonds is 8. The normalized spacial score (nSPS) is 10.3. The highest BCUT2D eigenvalue weighted by atomic mass is 16.5. The number of ketones is 2. The number of phenolic OH excluding ortho intramolecular Hbond substituents is 1. The lowest BCUT2D eigenvalue weighted by atomic mass is 9.92. The van der Waals surface area contributed by atoms with Crippen LogP contribution in [0, 0.1) is 0 Å². The predicted molar refractivity (Wildman–Crippen MR) is 115 cm³/mol. The molecule has 0 spiro atoms. The third kappa shape index (κ3) is 4.45. The predicted octanol–water partition coefficient (Wildman–Crippen LogP) is 4.16. The van der Waals surface area contributed by atoms with Gasteiger partial charge in [-0.05, 0) is 35.9 Å². The summed E-state index contributed by atoms with van der Waals surface area (Å²) in [4.78, 5) is 26.2. The van der Waals surface area contributed by atoms with Gasteiger partial charge in [0.15, 0.2) is 0 Å². The molecule has 0 bridgehead atoms. The Morgan fingerprint density at radius 2 is 1.16 bits per heavy atom. The number of hydrogen-bond donors (Lipinski definition) is 1. The Hall–Kier alpha value is -4.00. The van der Waals surface area contributed by atoms with E-state index >= 15 is 0 Å². The minimum absolute atomic E-state index is 0.0436. The zero-order valence-corrected chi connectivity index (χ0v) is 17.6. The van der Waals surface area contributed by atoms with E-state index < -0.39 is 11.6 Å². The van der Waals surface area contributed by atoms with Crippen molar-refractivity contribution in [3.63, 3.8) is 0 Å². The van der Waals surface area contributed by atoms with Crippen molar-refractivity contribution in [2.24, 2.45) is 0 Å². The average molecular weight is 422 g/mol. The maximum absolute atomic E-state index is 13.2. The summed E-state index contributed by atoms with van der Waals surface area (Å²) in [5, 5.41) is 10.6. The van der Waals surface area contributed by atoms with E-state index in [9.17, 15) is 14.7 Å². The molecule has 0 heterocycles. The summed E-state index contributed by atoms with van der Waals surface area (Å²) in [5.41, 5.74) is 0.822. The van der Waals surface area contributed by atoms with Crippen molar-refractivity contribution >= 4 is 11.6 Å². The molecule has 160 valence electrons. The topological polar surface area (TPSA) is 91.3 Å². The Labute approximate surface area is 179 Å². The molecule has 7 nitrogen and oxygen atoms in total. The van der Waals surface area contributed by atoms with Gasteiger partial charge in [0.2, 0.25) is 11.6 Å². The van der Waals surface area contributed by atoms with E-state index in [0.717, 1.165) is 0 Å². The Kier molecular flexibility index (Phi) is 6.45.